The fourth-order valence-electron chi connectivity index (χ4n) is 4.76. The lowest BCUT2D eigenvalue weighted by molar-refractivity contribution is -0.143. The molecule has 0 bridgehead atoms. The number of amides is 1. The number of sulfonamides is 1. The minimum atomic E-state index is -3.95. The average molecular weight is 587 g/mol. The zero-order valence-corrected chi connectivity index (χ0v) is 24.3. The van der Waals surface area contributed by atoms with E-state index < -0.39 is 22.0 Å². The van der Waals surface area contributed by atoms with Gasteiger partial charge in [0.05, 0.1) is 24.5 Å². The average Bonchev–Trinajstić information content (AvgIpc) is 3.64. The first-order chi connectivity index (χ1) is 20.1. The number of rotatable bonds is 9. The van der Waals surface area contributed by atoms with Gasteiger partial charge in [-0.05, 0) is 65.9 Å². The van der Waals surface area contributed by atoms with E-state index in [-0.39, 0.29) is 22.5 Å². The molecule has 10 heteroatoms. The molecule has 0 spiro atoms. The van der Waals surface area contributed by atoms with Gasteiger partial charge in [-0.15, -0.1) is 0 Å². The highest BCUT2D eigenvalue weighted by Gasteiger charge is 2.29. The van der Waals surface area contributed by atoms with Crippen molar-refractivity contribution in [3.8, 4) is 22.3 Å². The number of furan rings is 2. The summed E-state index contributed by atoms with van der Waals surface area (Å²) in [5.74, 6) is -1.08. The van der Waals surface area contributed by atoms with E-state index in [0.717, 1.165) is 33.2 Å². The van der Waals surface area contributed by atoms with E-state index in [1.165, 1.54) is 19.2 Å². The monoisotopic (exact) mass is 586 g/mol. The third-order valence-electron chi connectivity index (χ3n) is 7.04. The highest BCUT2D eigenvalue weighted by atomic mass is 32.2. The highest BCUT2D eigenvalue weighted by Crippen LogP contribution is 2.35. The van der Waals surface area contributed by atoms with Crippen molar-refractivity contribution in [3.05, 3.63) is 96.6 Å². The Morgan fingerprint density at radius 1 is 0.881 bits per heavy atom. The number of carbonyl (C=O) groups is 2. The van der Waals surface area contributed by atoms with Crippen molar-refractivity contribution < 1.29 is 31.6 Å². The summed E-state index contributed by atoms with van der Waals surface area (Å²) in [5.41, 5.74) is 5.33. The van der Waals surface area contributed by atoms with Crippen LogP contribution in [-0.2, 0) is 19.6 Å². The van der Waals surface area contributed by atoms with Gasteiger partial charge in [-0.3, -0.25) is 9.59 Å². The molecule has 0 saturated heterocycles. The van der Waals surface area contributed by atoms with Crippen molar-refractivity contribution in [2.45, 2.75) is 31.7 Å². The molecule has 0 aliphatic heterocycles. The molecule has 0 aliphatic carbocycles. The number of hydrogen-bond donors (Lipinski definition) is 2. The van der Waals surface area contributed by atoms with Crippen LogP contribution in [0, 0.1) is 12.8 Å². The van der Waals surface area contributed by atoms with E-state index in [2.05, 4.69) is 10.0 Å². The summed E-state index contributed by atoms with van der Waals surface area (Å²) in [7, 11) is -2.73. The van der Waals surface area contributed by atoms with Crippen LogP contribution in [0.25, 0.3) is 33.2 Å². The summed E-state index contributed by atoms with van der Waals surface area (Å²) in [6, 6.07) is 20.0. The molecule has 0 saturated carbocycles. The number of fused-ring (bicyclic) bond motifs is 1. The summed E-state index contributed by atoms with van der Waals surface area (Å²) in [5, 5.41) is 3.74. The van der Waals surface area contributed by atoms with Crippen LogP contribution in [0.3, 0.4) is 0 Å². The predicted molar refractivity (Wildman–Crippen MR) is 159 cm³/mol. The van der Waals surface area contributed by atoms with Gasteiger partial charge in [0.1, 0.15) is 11.6 Å². The largest absolute Gasteiger partial charge is 0.472 e. The second-order valence-corrected chi connectivity index (χ2v) is 11.9. The summed E-state index contributed by atoms with van der Waals surface area (Å²) in [6.45, 7) is 5.32. The van der Waals surface area contributed by atoms with Crippen molar-refractivity contribution in [3.63, 3.8) is 0 Å². The molecule has 5 aromatic rings. The lowest BCUT2D eigenvalue weighted by Crippen LogP contribution is -2.44. The van der Waals surface area contributed by atoms with E-state index >= 15 is 0 Å². The standard InChI is InChI=1S/C32H30N2O7S/c1-19(2)29(32(36)39-4)34-42(37,38)25-14-10-22(11-15-25)21-8-12-24(13-9-21)33-31(35)30-20(3)28-26(23-16-17-40-18-23)6-5-7-27(28)41-30/h5-19,29,34H,1-4H3,(H,33,35). The molecular weight excluding hydrogens is 556 g/mol. The Hall–Kier alpha value is -4.67. The molecule has 42 heavy (non-hydrogen) atoms. The zero-order valence-electron chi connectivity index (χ0n) is 23.5. The first kappa shape index (κ1) is 28.8. The number of carbonyl (C=O) groups excluding carboxylic acids is 2. The fourth-order valence-corrected chi connectivity index (χ4v) is 6.09. The van der Waals surface area contributed by atoms with Crippen LogP contribution >= 0.6 is 0 Å². The maximum atomic E-state index is 13.2. The van der Waals surface area contributed by atoms with E-state index in [1.807, 2.05) is 43.3 Å². The van der Waals surface area contributed by atoms with E-state index in [9.17, 15) is 18.0 Å². The van der Waals surface area contributed by atoms with E-state index in [1.54, 1.807) is 50.6 Å². The van der Waals surface area contributed by atoms with Crippen molar-refractivity contribution in [1.82, 2.24) is 4.72 Å². The molecule has 216 valence electrons. The number of methoxy groups -OCH3 is 1. The molecule has 2 heterocycles. The maximum absolute atomic E-state index is 13.2. The normalized spacial score (nSPS) is 12.4. The van der Waals surface area contributed by atoms with Crippen molar-refractivity contribution in [1.29, 1.82) is 0 Å². The Balaban J connectivity index is 1.30. The summed E-state index contributed by atoms with van der Waals surface area (Å²) >= 11 is 0. The number of nitrogens with one attached hydrogen (secondary N) is 2. The lowest BCUT2D eigenvalue weighted by Gasteiger charge is -2.19. The van der Waals surface area contributed by atoms with Gasteiger partial charge in [-0.2, -0.15) is 4.72 Å². The van der Waals surface area contributed by atoms with Crippen LogP contribution in [-0.4, -0.2) is 33.4 Å². The second kappa shape index (κ2) is 11.7. The van der Waals surface area contributed by atoms with Crippen molar-refractivity contribution in [2.24, 2.45) is 5.92 Å². The summed E-state index contributed by atoms with van der Waals surface area (Å²) in [4.78, 5) is 25.2. The van der Waals surface area contributed by atoms with Crippen LogP contribution in [0.2, 0.25) is 0 Å². The molecule has 5 rings (SSSR count). The third-order valence-corrected chi connectivity index (χ3v) is 8.49. The molecule has 1 unspecified atom stereocenters. The molecule has 1 atom stereocenters. The SMILES string of the molecule is COC(=O)C(NS(=O)(=O)c1ccc(-c2ccc(NC(=O)c3oc4cccc(-c5ccoc5)c4c3C)cc2)cc1)C(C)C. The van der Waals surface area contributed by atoms with E-state index in [4.69, 9.17) is 13.6 Å². The molecule has 2 aromatic heterocycles. The molecule has 1 amide bonds. The first-order valence-electron chi connectivity index (χ1n) is 13.3. The van der Waals surface area contributed by atoms with Crippen LogP contribution in [0.1, 0.15) is 30.0 Å². The Labute approximate surface area is 243 Å². The summed E-state index contributed by atoms with van der Waals surface area (Å²) in [6.07, 6.45) is 3.25. The highest BCUT2D eigenvalue weighted by molar-refractivity contribution is 7.89. The molecule has 2 N–H and O–H groups in total. The number of benzene rings is 3. The number of ether oxygens (including phenoxy) is 1. The zero-order chi connectivity index (χ0) is 30.0. The van der Waals surface area contributed by atoms with Gasteiger partial charge >= 0.3 is 5.97 Å². The molecule has 0 fully saturated rings. The van der Waals surface area contributed by atoms with Crippen LogP contribution in [0.5, 0.6) is 0 Å². The minimum Gasteiger partial charge on any atom is -0.472 e. The Kier molecular flexibility index (Phi) is 8.02. The van der Waals surface area contributed by atoms with Gasteiger partial charge in [0.25, 0.3) is 5.91 Å². The van der Waals surface area contributed by atoms with Gasteiger partial charge in [0, 0.05) is 22.2 Å². The van der Waals surface area contributed by atoms with E-state index in [0.29, 0.717) is 11.3 Å². The number of esters is 1. The molecule has 0 aliphatic rings. The summed E-state index contributed by atoms with van der Waals surface area (Å²) < 4.78 is 44.1. The lowest BCUT2D eigenvalue weighted by atomic mass is 10.0. The fraction of sp³-hybridized carbons (Fsp3) is 0.188. The Morgan fingerprint density at radius 3 is 2.14 bits per heavy atom. The molecule has 0 radical (unpaired) electrons. The number of aryl methyl sites for hydroxylation is 1. The quantitative estimate of drug-likeness (QED) is 0.191. The third kappa shape index (κ3) is 5.72. The van der Waals surface area contributed by atoms with Gasteiger partial charge < -0.3 is 18.9 Å². The van der Waals surface area contributed by atoms with Crippen LogP contribution in [0.15, 0.2) is 99.1 Å². The minimum absolute atomic E-state index is 0.0295. The first-order valence-corrected chi connectivity index (χ1v) is 14.7. The smallest absolute Gasteiger partial charge is 0.324 e. The maximum Gasteiger partial charge on any atom is 0.324 e. The Bertz CT molecular complexity index is 1840. The number of hydrogen-bond acceptors (Lipinski definition) is 7. The molecule has 9 nitrogen and oxygen atoms in total. The Morgan fingerprint density at radius 2 is 1.55 bits per heavy atom. The molecule has 3 aromatic carbocycles. The second-order valence-electron chi connectivity index (χ2n) is 10.2. The van der Waals surface area contributed by atoms with Crippen molar-refractivity contribution in [2.75, 3.05) is 12.4 Å². The van der Waals surface area contributed by atoms with Gasteiger partial charge in [-0.1, -0.05) is 50.2 Å². The van der Waals surface area contributed by atoms with Crippen molar-refractivity contribution >= 4 is 38.6 Å². The van der Waals surface area contributed by atoms with Gasteiger partial charge in [0.15, 0.2) is 5.76 Å². The topological polar surface area (TPSA) is 128 Å². The van der Waals surface area contributed by atoms with Gasteiger partial charge in [0.2, 0.25) is 10.0 Å². The van der Waals surface area contributed by atoms with Crippen LogP contribution < -0.4 is 10.0 Å². The number of anilines is 1. The molecular formula is C32H30N2O7S. The van der Waals surface area contributed by atoms with Gasteiger partial charge in [-0.25, -0.2) is 8.42 Å². The predicted octanol–water partition coefficient (Wildman–Crippen LogP) is 6.40. The van der Waals surface area contributed by atoms with Crippen LogP contribution in [0.4, 0.5) is 5.69 Å².